The Kier molecular flexibility index (Phi) is 3.49. The monoisotopic (exact) mass is 284 g/mol. The van der Waals surface area contributed by atoms with Gasteiger partial charge in [0.15, 0.2) is 0 Å². The lowest BCUT2D eigenvalue weighted by atomic mass is 10.2. The third kappa shape index (κ3) is 2.87. The number of halogens is 2. The van der Waals surface area contributed by atoms with Crippen molar-refractivity contribution in [3.05, 3.63) is 29.8 Å². The van der Waals surface area contributed by atoms with Crippen LogP contribution in [0.3, 0.4) is 0 Å². The summed E-state index contributed by atoms with van der Waals surface area (Å²) < 4.78 is 19.7. The van der Waals surface area contributed by atoms with Crippen LogP contribution < -0.4 is 0 Å². The molecular formula is C13H14ClFN2O2. The number of rotatable bonds is 1. The normalized spacial score (nSPS) is 11.8. The van der Waals surface area contributed by atoms with E-state index in [1.54, 1.807) is 20.8 Å². The molecule has 0 atom stereocenters. The van der Waals surface area contributed by atoms with E-state index in [4.69, 9.17) is 16.3 Å². The molecule has 2 rings (SSSR count). The smallest absolute Gasteiger partial charge is 0.420 e. The number of alkyl halides is 1. The van der Waals surface area contributed by atoms with Gasteiger partial charge < -0.3 is 4.74 Å². The molecule has 1 heterocycles. The van der Waals surface area contributed by atoms with Crippen LogP contribution in [-0.4, -0.2) is 21.2 Å². The van der Waals surface area contributed by atoms with Crippen molar-refractivity contribution in [1.82, 2.24) is 9.55 Å². The topological polar surface area (TPSA) is 44.1 Å². The average molecular weight is 285 g/mol. The maximum atomic E-state index is 13.2. The molecule has 0 aliphatic heterocycles. The molecule has 1 aromatic carbocycles. The van der Waals surface area contributed by atoms with Gasteiger partial charge in [-0.05, 0) is 32.9 Å². The molecule has 4 nitrogen and oxygen atoms in total. The van der Waals surface area contributed by atoms with Crippen LogP contribution in [0.1, 0.15) is 26.6 Å². The molecule has 6 heteroatoms. The molecular weight excluding hydrogens is 271 g/mol. The third-order valence-electron chi connectivity index (χ3n) is 2.38. The molecule has 0 fully saturated rings. The minimum absolute atomic E-state index is 0.0372. The number of ether oxygens (including phenoxy) is 1. The van der Waals surface area contributed by atoms with Crippen molar-refractivity contribution in [3.8, 4) is 0 Å². The first-order valence-corrected chi connectivity index (χ1v) is 6.31. The summed E-state index contributed by atoms with van der Waals surface area (Å²) in [5.41, 5.74) is 0.227. The summed E-state index contributed by atoms with van der Waals surface area (Å²) in [7, 11) is 0. The second-order valence-corrected chi connectivity index (χ2v) is 5.38. The van der Waals surface area contributed by atoms with Crippen LogP contribution in [0.25, 0.3) is 11.0 Å². The number of imidazole rings is 1. The molecule has 0 bridgehead atoms. The summed E-state index contributed by atoms with van der Waals surface area (Å²) in [6, 6.07) is 4.01. The Balaban J connectivity index is 2.54. The van der Waals surface area contributed by atoms with Crippen LogP contribution in [-0.2, 0) is 10.6 Å². The molecule has 0 aliphatic carbocycles. The Morgan fingerprint density at radius 1 is 1.47 bits per heavy atom. The molecule has 0 amide bonds. The van der Waals surface area contributed by atoms with Crippen molar-refractivity contribution in [2.45, 2.75) is 32.3 Å². The van der Waals surface area contributed by atoms with Gasteiger partial charge in [-0.2, -0.15) is 0 Å². The molecule has 0 aliphatic rings. The van der Waals surface area contributed by atoms with Crippen LogP contribution in [0.15, 0.2) is 18.2 Å². The van der Waals surface area contributed by atoms with Gasteiger partial charge in [0.25, 0.3) is 0 Å². The number of hydrogen-bond donors (Lipinski definition) is 0. The third-order valence-corrected chi connectivity index (χ3v) is 2.62. The van der Waals surface area contributed by atoms with Gasteiger partial charge in [-0.25, -0.2) is 18.7 Å². The van der Waals surface area contributed by atoms with E-state index < -0.39 is 17.5 Å². The highest BCUT2D eigenvalue weighted by Gasteiger charge is 2.22. The summed E-state index contributed by atoms with van der Waals surface area (Å²) >= 11 is 5.77. The first kappa shape index (κ1) is 13.8. The van der Waals surface area contributed by atoms with E-state index in [9.17, 15) is 9.18 Å². The molecule has 102 valence electrons. The van der Waals surface area contributed by atoms with E-state index in [-0.39, 0.29) is 5.88 Å². The predicted molar refractivity (Wildman–Crippen MR) is 70.9 cm³/mol. The van der Waals surface area contributed by atoms with Crippen LogP contribution in [0.4, 0.5) is 9.18 Å². The first-order chi connectivity index (χ1) is 8.81. The van der Waals surface area contributed by atoms with Gasteiger partial charge in [0, 0.05) is 6.07 Å². The second-order valence-electron chi connectivity index (χ2n) is 5.11. The summed E-state index contributed by atoms with van der Waals surface area (Å²) in [6.07, 6.45) is -0.572. The van der Waals surface area contributed by atoms with Gasteiger partial charge in [0.05, 0.1) is 16.9 Å². The lowest BCUT2D eigenvalue weighted by Crippen LogP contribution is -2.28. The Morgan fingerprint density at radius 3 is 2.74 bits per heavy atom. The number of aromatic nitrogens is 2. The summed E-state index contributed by atoms with van der Waals surface area (Å²) in [4.78, 5) is 16.3. The van der Waals surface area contributed by atoms with E-state index in [0.29, 0.717) is 16.9 Å². The van der Waals surface area contributed by atoms with E-state index >= 15 is 0 Å². The van der Waals surface area contributed by atoms with E-state index in [0.717, 1.165) is 0 Å². The molecule has 0 unspecified atom stereocenters. The number of benzene rings is 1. The van der Waals surface area contributed by atoms with Crippen molar-refractivity contribution in [1.29, 1.82) is 0 Å². The molecule has 0 radical (unpaired) electrons. The minimum Gasteiger partial charge on any atom is -0.443 e. The Bertz CT molecular complexity index is 631. The number of nitrogens with zero attached hydrogens (tertiary/aromatic N) is 2. The number of carbonyl (C=O) groups is 1. The lowest BCUT2D eigenvalue weighted by Gasteiger charge is -2.20. The van der Waals surface area contributed by atoms with Gasteiger partial charge in [0.2, 0.25) is 0 Å². The highest BCUT2D eigenvalue weighted by atomic mass is 35.5. The predicted octanol–water partition coefficient (Wildman–Crippen LogP) is 3.70. The molecule has 19 heavy (non-hydrogen) atoms. The quantitative estimate of drug-likeness (QED) is 0.750. The number of fused-ring (bicyclic) bond motifs is 1. The van der Waals surface area contributed by atoms with Crippen molar-refractivity contribution < 1.29 is 13.9 Å². The largest absolute Gasteiger partial charge is 0.443 e. The molecule has 0 N–H and O–H groups in total. The van der Waals surface area contributed by atoms with Crippen molar-refractivity contribution in [2.24, 2.45) is 0 Å². The molecule has 0 saturated heterocycles. The van der Waals surface area contributed by atoms with Gasteiger partial charge in [-0.15, -0.1) is 11.6 Å². The Morgan fingerprint density at radius 2 is 2.16 bits per heavy atom. The molecule has 2 aromatic rings. The van der Waals surface area contributed by atoms with E-state index in [2.05, 4.69) is 4.98 Å². The Labute approximate surface area is 115 Å². The highest BCUT2D eigenvalue weighted by Crippen LogP contribution is 2.20. The van der Waals surface area contributed by atoms with Gasteiger partial charge in [0.1, 0.15) is 17.2 Å². The van der Waals surface area contributed by atoms with E-state index in [1.165, 1.54) is 22.8 Å². The summed E-state index contributed by atoms with van der Waals surface area (Å²) in [5, 5.41) is 0. The maximum Gasteiger partial charge on any atom is 0.420 e. The van der Waals surface area contributed by atoms with Crippen molar-refractivity contribution >= 4 is 28.7 Å². The average Bonchev–Trinajstić information content (AvgIpc) is 2.63. The zero-order chi connectivity index (χ0) is 14.2. The minimum atomic E-state index is -0.628. The van der Waals surface area contributed by atoms with Crippen molar-refractivity contribution in [3.63, 3.8) is 0 Å². The SMILES string of the molecule is CC(C)(C)OC(=O)n1c(CCl)nc2cc(F)ccc21. The molecule has 1 aromatic heterocycles. The standard InChI is InChI=1S/C13H14ClFN2O2/c1-13(2,3)19-12(18)17-10-5-4-8(15)6-9(10)16-11(17)7-14/h4-6H,7H2,1-3H3. The zero-order valence-corrected chi connectivity index (χ0v) is 11.7. The molecule has 0 saturated carbocycles. The van der Waals surface area contributed by atoms with Crippen LogP contribution in [0, 0.1) is 5.82 Å². The van der Waals surface area contributed by atoms with Gasteiger partial charge in [-0.3, -0.25) is 0 Å². The fourth-order valence-corrected chi connectivity index (χ4v) is 1.88. The van der Waals surface area contributed by atoms with Crippen molar-refractivity contribution in [2.75, 3.05) is 0 Å². The number of hydrogen-bond acceptors (Lipinski definition) is 3. The number of carbonyl (C=O) groups excluding carboxylic acids is 1. The maximum absolute atomic E-state index is 13.2. The van der Waals surface area contributed by atoms with Gasteiger partial charge in [-0.1, -0.05) is 0 Å². The fourth-order valence-electron chi connectivity index (χ4n) is 1.70. The van der Waals surface area contributed by atoms with Crippen LogP contribution in [0.2, 0.25) is 0 Å². The lowest BCUT2D eigenvalue weighted by molar-refractivity contribution is 0.0540. The fraction of sp³-hybridized carbons (Fsp3) is 0.385. The van der Waals surface area contributed by atoms with Crippen LogP contribution in [0.5, 0.6) is 0 Å². The van der Waals surface area contributed by atoms with E-state index in [1.807, 2.05) is 0 Å². The van der Waals surface area contributed by atoms with Crippen LogP contribution >= 0.6 is 11.6 Å². The van der Waals surface area contributed by atoms with Gasteiger partial charge >= 0.3 is 6.09 Å². The first-order valence-electron chi connectivity index (χ1n) is 5.78. The highest BCUT2D eigenvalue weighted by molar-refractivity contribution is 6.17. The summed E-state index contributed by atoms with van der Waals surface area (Å²) in [6.45, 7) is 5.30. The summed E-state index contributed by atoms with van der Waals surface area (Å²) in [5.74, 6) is -0.0470. The second kappa shape index (κ2) is 4.81. The Hall–Kier alpha value is -1.62. The zero-order valence-electron chi connectivity index (χ0n) is 10.9. The molecule has 0 spiro atoms.